The lowest BCUT2D eigenvalue weighted by Gasteiger charge is -2.40. The molecule has 2 atom stereocenters. The number of amides is 1. The Morgan fingerprint density at radius 2 is 1.96 bits per heavy atom. The van der Waals surface area contributed by atoms with Crippen molar-refractivity contribution in [1.29, 1.82) is 5.26 Å². The van der Waals surface area contributed by atoms with E-state index in [9.17, 15) is 4.79 Å². The molecular formula is C23H26N2O3. The molecule has 1 heterocycles. The smallest absolute Gasteiger partial charge is 0.407 e. The second-order valence-electron chi connectivity index (χ2n) is 8.16. The maximum Gasteiger partial charge on any atom is 0.407 e. The molecule has 2 aromatic rings. The zero-order chi connectivity index (χ0) is 20.3. The van der Waals surface area contributed by atoms with Crippen LogP contribution in [0.2, 0.25) is 0 Å². The predicted octanol–water partition coefficient (Wildman–Crippen LogP) is 4.61. The van der Waals surface area contributed by atoms with Gasteiger partial charge in [0.15, 0.2) is 0 Å². The van der Waals surface area contributed by atoms with Gasteiger partial charge in [-0.1, -0.05) is 51.1 Å². The number of methoxy groups -OCH3 is 1. The summed E-state index contributed by atoms with van der Waals surface area (Å²) in [6, 6.07) is 15.8. The lowest BCUT2D eigenvalue weighted by atomic mass is 9.74. The molecule has 3 rings (SSSR count). The summed E-state index contributed by atoms with van der Waals surface area (Å²) in [5.41, 5.74) is 4.92. The molecule has 1 N–H and O–H groups in total. The molecule has 2 aromatic carbocycles. The summed E-state index contributed by atoms with van der Waals surface area (Å²) in [5, 5.41) is 12.1. The first-order chi connectivity index (χ1) is 13.3. The molecule has 1 amide bonds. The Kier molecular flexibility index (Phi) is 5.71. The maximum atomic E-state index is 12.0. The summed E-state index contributed by atoms with van der Waals surface area (Å²) < 4.78 is 10.8. The Labute approximate surface area is 166 Å². The number of nitrogens with one attached hydrogen (secondary N) is 1. The number of carbonyl (C=O) groups is 1. The minimum Gasteiger partial charge on any atom is -0.453 e. The minimum absolute atomic E-state index is 0.0150. The fourth-order valence-electron chi connectivity index (χ4n) is 3.87. The molecule has 0 radical (unpaired) electrons. The van der Waals surface area contributed by atoms with Crippen molar-refractivity contribution in [3.8, 4) is 17.2 Å². The van der Waals surface area contributed by atoms with Gasteiger partial charge in [-0.25, -0.2) is 4.79 Å². The van der Waals surface area contributed by atoms with Gasteiger partial charge in [-0.2, -0.15) is 5.26 Å². The highest BCUT2D eigenvalue weighted by atomic mass is 16.5. The largest absolute Gasteiger partial charge is 0.453 e. The SMILES string of the molecule is COC(=O)NC(C1COCc2c(-c3ccc(C#N)cc3)cccc21)C(C)(C)C. The minimum atomic E-state index is -0.435. The number of fused-ring (bicyclic) bond motifs is 1. The van der Waals surface area contributed by atoms with E-state index in [1.54, 1.807) is 0 Å². The summed E-state index contributed by atoms with van der Waals surface area (Å²) in [7, 11) is 1.38. The number of alkyl carbamates (subject to hydrolysis) is 1. The van der Waals surface area contributed by atoms with Crippen LogP contribution in [0, 0.1) is 16.7 Å². The fraction of sp³-hybridized carbons (Fsp3) is 0.391. The number of rotatable bonds is 3. The summed E-state index contributed by atoms with van der Waals surface area (Å²) in [5.74, 6) is 0.0150. The summed E-state index contributed by atoms with van der Waals surface area (Å²) in [6.45, 7) is 7.37. The summed E-state index contributed by atoms with van der Waals surface area (Å²) in [4.78, 5) is 12.0. The van der Waals surface area contributed by atoms with Gasteiger partial charge in [-0.05, 0) is 39.8 Å². The number of carbonyl (C=O) groups excluding carboxylic acids is 1. The van der Waals surface area contributed by atoms with Crippen molar-refractivity contribution in [2.45, 2.75) is 39.3 Å². The molecule has 28 heavy (non-hydrogen) atoms. The lowest BCUT2D eigenvalue weighted by molar-refractivity contribution is 0.0615. The van der Waals surface area contributed by atoms with Gasteiger partial charge in [0.25, 0.3) is 0 Å². The maximum absolute atomic E-state index is 12.0. The quantitative estimate of drug-likeness (QED) is 0.847. The van der Waals surface area contributed by atoms with E-state index in [4.69, 9.17) is 14.7 Å². The molecule has 5 nitrogen and oxygen atoms in total. The standard InChI is InChI=1S/C23H26N2O3/c1-23(2,3)21(25-22(26)27-4)20-14-28-13-19-17(6-5-7-18(19)20)16-10-8-15(12-24)9-11-16/h5-11,20-21H,13-14H2,1-4H3,(H,25,26). The van der Waals surface area contributed by atoms with Crippen molar-refractivity contribution in [3.63, 3.8) is 0 Å². The van der Waals surface area contributed by atoms with Gasteiger partial charge in [0.1, 0.15) is 0 Å². The second kappa shape index (κ2) is 8.04. The molecule has 0 aliphatic carbocycles. The zero-order valence-electron chi connectivity index (χ0n) is 16.8. The van der Waals surface area contributed by atoms with E-state index in [0.717, 1.165) is 16.7 Å². The van der Waals surface area contributed by atoms with Gasteiger partial charge in [0, 0.05) is 12.0 Å². The number of hydrogen-bond donors (Lipinski definition) is 1. The van der Waals surface area contributed by atoms with Crippen LogP contribution in [-0.2, 0) is 16.1 Å². The number of benzene rings is 2. The van der Waals surface area contributed by atoms with Crippen LogP contribution < -0.4 is 5.32 Å². The average Bonchev–Trinajstić information content (AvgIpc) is 2.70. The number of hydrogen-bond acceptors (Lipinski definition) is 4. The van der Waals surface area contributed by atoms with Crippen molar-refractivity contribution in [3.05, 3.63) is 59.2 Å². The van der Waals surface area contributed by atoms with E-state index in [1.807, 2.05) is 30.3 Å². The number of nitriles is 1. The predicted molar refractivity (Wildman–Crippen MR) is 108 cm³/mol. The molecule has 0 spiro atoms. The van der Waals surface area contributed by atoms with Crippen LogP contribution >= 0.6 is 0 Å². The van der Waals surface area contributed by atoms with Crippen LogP contribution in [0.25, 0.3) is 11.1 Å². The van der Waals surface area contributed by atoms with Gasteiger partial charge in [-0.15, -0.1) is 0 Å². The van der Waals surface area contributed by atoms with Gasteiger partial charge in [0.05, 0.1) is 32.0 Å². The van der Waals surface area contributed by atoms with Crippen molar-refractivity contribution in [1.82, 2.24) is 5.32 Å². The topological polar surface area (TPSA) is 71.3 Å². The summed E-state index contributed by atoms with van der Waals surface area (Å²) in [6.07, 6.45) is -0.435. The second-order valence-corrected chi connectivity index (χ2v) is 8.16. The van der Waals surface area contributed by atoms with Crippen LogP contribution in [-0.4, -0.2) is 25.9 Å². The van der Waals surface area contributed by atoms with Crippen molar-refractivity contribution in [2.24, 2.45) is 5.41 Å². The van der Waals surface area contributed by atoms with Crippen molar-refractivity contribution in [2.75, 3.05) is 13.7 Å². The third-order valence-corrected chi connectivity index (χ3v) is 5.27. The molecule has 0 aromatic heterocycles. The molecule has 0 saturated carbocycles. The molecule has 2 unspecified atom stereocenters. The lowest BCUT2D eigenvalue weighted by Crippen LogP contribution is -2.49. The Balaban J connectivity index is 2.04. The van der Waals surface area contributed by atoms with Gasteiger partial charge in [-0.3, -0.25) is 0 Å². The van der Waals surface area contributed by atoms with Gasteiger partial charge < -0.3 is 14.8 Å². The van der Waals surface area contributed by atoms with Crippen LogP contribution in [0.15, 0.2) is 42.5 Å². The van der Waals surface area contributed by atoms with Crippen LogP contribution in [0.4, 0.5) is 4.79 Å². The number of nitrogens with zero attached hydrogens (tertiary/aromatic N) is 1. The first-order valence-corrected chi connectivity index (χ1v) is 9.39. The number of ether oxygens (including phenoxy) is 2. The van der Waals surface area contributed by atoms with Crippen molar-refractivity contribution >= 4 is 6.09 Å². The Morgan fingerprint density at radius 1 is 1.25 bits per heavy atom. The van der Waals surface area contributed by atoms with Crippen LogP contribution in [0.1, 0.15) is 43.4 Å². The molecule has 1 aliphatic heterocycles. The molecule has 0 fully saturated rings. The van der Waals surface area contributed by atoms with Crippen LogP contribution in [0.3, 0.4) is 0 Å². The first-order valence-electron chi connectivity index (χ1n) is 9.39. The molecule has 0 saturated heterocycles. The monoisotopic (exact) mass is 378 g/mol. The Bertz CT molecular complexity index is 892. The molecule has 1 aliphatic rings. The van der Waals surface area contributed by atoms with Crippen LogP contribution in [0.5, 0.6) is 0 Å². The fourth-order valence-corrected chi connectivity index (χ4v) is 3.87. The highest BCUT2D eigenvalue weighted by molar-refractivity contribution is 5.71. The highest BCUT2D eigenvalue weighted by Gasteiger charge is 2.38. The van der Waals surface area contributed by atoms with Gasteiger partial charge >= 0.3 is 6.09 Å². The van der Waals surface area contributed by atoms with E-state index in [0.29, 0.717) is 18.8 Å². The van der Waals surface area contributed by atoms with Crippen molar-refractivity contribution < 1.29 is 14.3 Å². The first kappa shape index (κ1) is 19.9. The average molecular weight is 378 g/mol. The van der Waals surface area contributed by atoms with E-state index < -0.39 is 6.09 Å². The Hall–Kier alpha value is -2.84. The van der Waals surface area contributed by atoms with E-state index in [2.05, 4.69) is 44.3 Å². The van der Waals surface area contributed by atoms with E-state index >= 15 is 0 Å². The van der Waals surface area contributed by atoms with E-state index in [1.165, 1.54) is 12.7 Å². The molecule has 0 bridgehead atoms. The molecule has 5 heteroatoms. The summed E-state index contributed by atoms with van der Waals surface area (Å²) >= 11 is 0. The van der Waals surface area contributed by atoms with E-state index in [-0.39, 0.29) is 17.4 Å². The molecular weight excluding hydrogens is 352 g/mol. The van der Waals surface area contributed by atoms with Gasteiger partial charge in [0.2, 0.25) is 0 Å². The zero-order valence-corrected chi connectivity index (χ0v) is 16.8. The third-order valence-electron chi connectivity index (χ3n) is 5.27. The normalized spacial score (nSPS) is 17.2. The molecule has 146 valence electrons. The highest BCUT2D eigenvalue weighted by Crippen LogP contribution is 2.40. The third kappa shape index (κ3) is 4.02. The Morgan fingerprint density at radius 3 is 2.57 bits per heavy atom.